The summed E-state index contributed by atoms with van der Waals surface area (Å²) < 4.78 is 1.60. The Morgan fingerprint density at radius 2 is 2.16 bits per heavy atom. The van der Waals surface area contributed by atoms with Gasteiger partial charge in [0.1, 0.15) is 4.99 Å². The molecule has 0 bridgehead atoms. The van der Waals surface area contributed by atoms with Gasteiger partial charge in [-0.2, -0.15) is 5.10 Å². The number of nitrogens with zero attached hydrogens (tertiary/aromatic N) is 2. The maximum Gasteiger partial charge on any atom is 0.271 e. The highest BCUT2D eigenvalue weighted by Crippen LogP contribution is 2.16. The molecule has 0 saturated heterocycles. The minimum Gasteiger partial charge on any atom is -0.389 e. The van der Waals surface area contributed by atoms with E-state index >= 15 is 0 Å². The Morgan fingerprint density at radius 3 is 2.79 bits per heavy atom. The fourth-order valence-electron chi connectivity index (χ4n) is 1.75. The van der Waals surface area contributed by atoms with E-state index in [9.17, 15) is 4.79 Å². The van der Waals surface area contributed by atoms with Crippen LogP contribution in [0.1, 0.15) is 21.6 Å². The first kappa shape index (κ1) is 13.2. The summed E-state index contributed by atoms with van der Waals surface area (Å²) >= 11 is 5.05. The van der Waals surface area contributed by atoms with Crippen LogP contribution in [-0.4, -0.2) is 27.7 Å². The average molecular weight is 274 g/mol. The van der Waals surface area contributed by atoms with Gasteiger partial charge in [-0.15, -0.1) is 0 Å². The normalized spacial score (nSPS) is 10.2. The number of nitrogens with one attached hydrogen (secondary N) is 1. The highest BCUT2D eigenvalue weighted by atomic mass is 32.1. The third kappa shape index (κ3) is 2.63. The van der Waals surface area contributed by atoms with E-state index in [1.54, 1.807) is 24.0 Å². The van der Waals surface area contributed by atoms with E-state index in [-0.39, 0.29) is 5.91 Å². The Morgan fingerprint density at radius 1 is 1.42 bits per heavy atom. The summed E-state index contributed by atoms with van der Waals surface area (Å²) in [6, 6.07) is 7.36. The molecule has 1 aromatic heterocycles. The Hall–Kier alpha value is -2.21. The van der Waals surface area contributed by atoms with E-state index in [1.165, 1.54) is 0 Å². The van der Waals surface area contributed by atoms with Crippen LogP contribution in [0.25, 0.3) is 5.69 Å². The number of rotatable bonds is 3. The standard InChI is InChI=1S/C13H14N4OS/c1-8-3-4-11(9(7-8)12(14)19)17-6-5-10(16-17)13(18)15-2/h3-7H,1-2H3,(H2,14,19)(H,15,18). The average Bonchev–Trinajstić information content (AvgIpc) is 2.87. The number of carbonyl (C=O) groups excluding carboxylic acids is 1. The molecule has 5 nitrogen and oxygen atoms in total. The lowest BCUT2D eigenvalue weighted by Crippen LogP contribution is -2.19. The van der Waals surface area contributed by atoms with Gasteiger partial charge in [0.15, 0.2) is 5.69 Å². The van der Waals surface area contributed by atoms with Gasteiger partial charge in [-0.05, 0) is 25.1 Å². The molecule has 98 valence electrons. The molecule has 3 N–H and O–H groups in total. The molecule has 0 fully saturated rings. The zero-order chi connectivity index (χ0) is 14.0. The minimum absolute atomic E-state index is 0.234. The van der Waals surface area contributed by atoms with Gasteiger partial charge < -0.3 is 11.1 Å². The molecule has 0 aliphatic carbocycles. The molecule has 0 aliphatic rings. The monoisotopic (exact) mass is 274 g/mol. The molecule has 2 aromatic rings. The van der Waals surface area contributed by atoms with Crippen LogP contribution in [0.3, 0.4) is 0 Å². The predicted molar refractivity (Wildman–Crippen MR) is 77.6 cm³/mol. The van der Waals surface area contributed by atoms with Gasteiger partial charge in [0.05, 0.1) is 5.69 Å². The van der Waals surface area contributed by atoms with Crippen molar-refractivity contribution in [2.75, 3.05) is 7.05 Å². The smallest absolute Gasteiger partial charge is 0.271 e. The molecular formula is C13H14N4OS. The van der Waals surface area contributed by atoms with E-state index in [1.807, 2.05) is 25.1 Å². The number of benzene rings is 1. The van der Waals surface area contributed by atoms with Crippen LogP contribution in [0.2, 0.25) is 0 Å². The molecule has 0 saturated carbocycles. The number of carbonyl (C=O) groups is 1. The molecule has 0 atom stereocenters. The van der Waals surface area contributed by atoms with Crippen LogP contribution >= 0.6 is 12.2 Å². The van der Waals surface area contributed by atoms with Crippen molar-refractivity contribution < 1.29 is 4.79 Å². The molecule has 0 aliphatic heterocycles. The van der Waals surface area contributed by atoms with Crippen molar-refractivity contribution in [2.45, 2.75) is 6.92 Å². The Bertz CT molecular complexity index is 648. The van der Waals surface area contributed by atoms with E-state index in [0.717, 1.165) is 16.8 Å². The molecular weight excluding hydrogens is 260 g/mol. The van der Waals surface area contributed by atoms with Gasteiger partial charge in [-0.3, -0.25) is 4.79 Å². The Labute approximate surface area is 116 Å². The predicted octanol–water partition coefficient (Wildman–Crippen LogP) is 1.17. The summed E-state index contributed by atoms with van der Waals surface area (Å²) in [7, 11) is 1.56. The second kappa shape index (κ2) is 5.19. The van der Waals surface area contributed by atoms with Crippen LogP contribution in [0, 0.1) is 6.92 Å². The SMILES string of the molecule is CNC(=O)c1ccn(-c2ccc(C)cc2C(N)=S)n1. The number of hydrogen-bond donors (Lipinski definition) is 2. The van der Waals surface area contributed by atoms with Crippen molar-refractivity contribution in [1.82, 2.24) is 15.1 Å². The minimum atomic E-state index is -0.234. The molecule has 1 heterocycles. The lowest BCUT2D eigenvalue weighted by atomic mass is 10.1. The molecule has 2 rings (SSSR count). The first-order valence-electron chi connectivity index (χ1n) is 5.71. The van der Waals surface area contributed by atoms with E-state index in [4.69, 9.17) is 18.0 Å². The van der Waals surface area contributed by atoms with Gasteiger partial charge >= 0.3 is 0 Å². The summed E-state index contributed by atoms with van der Waals surface area (Å²) in [4.78, 5) is 11.8. The van der Waals surface area contributed by atoms with Crippen LogP contribution in [0.5, 0.6) is 0 Å². The summed E-state index contributed by atoms with van der Waals surface area (Å²) in [5.41, 5.74) is 8.62. The van der Waals surface area contributed by atoms with Crippen LogP contribution in [-0.2, 0) is 0 Å². The van der Waals surface area contributed by atoms with E-state index < -0.39 is 0 Å². The van der Waals surface area contributed by atoms with Gasteiger partial charge in [0.25, 0.3) is 5.91 Å². The maximum absolute atomic E-state index is 11.5. The van der Waals surface area contributed by atoms with Gasteiger partial charge in [-0.25, -0.2) is 4.68 Å². The summed E-state index contributed by atoms with van der Waals surface area (Å²) in [6.07, 6.45) is 1.71. The molecule has 1 aromatic carbocycles. The highest BCUT2D eigenvalue weighted by Gasteiger charge is 2.12. The van der Waals surface area contributed by atoms with Gasteiger partial charge in [0, 0.05) is 18.8 Å². The first-order valence-corrected chi connectivity index (χ1v) is 6.12. The molecule has 1 amide bonds. The van der Waals surface area contributed by atoms with Crippen molar-refractivity contribution in [3.8, 4) is 5.69 Å². The zero-order valence-corrected chi connectivity index (χ0v) is 11.5. The van der Waals surface area contributed by atoms with Gasteiger partial charge in [-0.1, -0.05) is 23.8 Å². The largest absolute Gasteiger partial charge is 0.389 e. The second-order valence-corrected chi connectivity index (χ2v) is 4.55. The van der Waals surface area contributed by atoms with Crippen molar-refractivity contribution >= 4 is 23.1 Å². The van der Waals surface area contributed by atoms with Crippen molar-refractivity contribution in [2.24, 2.45) is 5.73 Å². The Balaban J connectivity index is 2.50. The fourth-order valence-corrected chi connectivity index (χ4v) is 1.92. The van der Waals surface area contributed by atoms with E-state index in [0.29, 0.717) is 10.7 Å². The molecule has 19 heavy (non-hydrogen) atoms. The molecule has 6 heteroatoms. The molecule has 0 unspecified atom stereocenters. The van der Waals surface area contributed by atoms with E-state index in [2.05, 4.69) is 10.4 Å². The summed E-state index contributed by atoms with van der Waals surface area (Å²) in [5.74, 6) is -0.234. The molecule has 0 radical (unpaired) electrons. The third-order valence-corrected chi connectivity index (χ3v) is 2.93. The fraction of sp³-hybridized carbons (Fsp3) is 0.154. The van der Waals surface area contributed by atoms with Gasteiger partial charge in [0.2, 0.25) is 0 Å². The summed E-state index contributed by atoms with van der Waals surface area (Å²) in [5, 5.41) is 6.74. The number of amides is 1. The molecule has 0 spiro atoms. The zero-order valence-electron chi connectivity index (χ0n) is 10.7. The number of hydrogen-bond acceptors (Lipinski definition) is 3. The maximum atomic E-state index is 11.5. The highest BCUT2D eigenvalue weighted by molar-refractivity contribution is 7.80. The van der Waals surface area contributed by atoms with Crippen molar-refractivity contribution in [3.05, 3.63) is 47.3 Å². The lowest BCUT2D eigenvalue weighted by Gasteiger charge is -2.09. The third-order valence-electron chi connectivity index (χ3n) is 2.71. The number of thiocarbonyl (C=S) groups is 1. The Kier molecular flexibility index (Phi) is 3.62. The number of aromatic nitrogens is 2. The van der Waals surface area contributed by atoms with Crippen LogP contribution in [0.4, 0.5) is 0 Å². The number of aryl methyl sites for hydroxylation is 1. The summed E-state index contributed by atoms with van der Waals surface area (Å²) in [6.45, 7) is 1.96. The lowest BCUT2D eigenvalue weighted by molar-refractivity contribution is 0.0957. The van der Waals surface area contributed by atoms with Crippen LogP contribution in [0.15, 0.2) is 30.5 Å². The number of nitrogens with two attached hydrogens (primary N) is 1. The van der Waals surface area contributed by atoms with Crippen molar-refractivity contribution in [1.29, 1.82) is 0 Å². The van der Waals surface area contributed by atoms with Crippen LogP contribution < -0.4 is 11.1 Å². The van der Waals surface area contributed by atoms with Crippen molar-refractivity contribution in [3.63, 3.8) is 0 Å². The quantitative estimate of drug-likeness (QED) is 0.824. The topological polar surface area (TPSA) is 72.9 Å². The second-order valence-electron chi connectivity index (χ2n) is 4.11. The first-order chi connectivity index (χ1) is 9.02.